The summed E-state index contributed by atoms with van der Waals surface area (Å²) in [6.07, 6.45) is 0. The van der Waals surface area contributed by atoms with Gasteiger partial charge in [0.25, 0.3) is 5.91 Å². The smallest absolute Gasteiger partial charge is 0.258 e. The predicted molar refractivity (Wildman–Crippen MR) is 103 cm³/mol. The Morgan fingerprint density at radius 3 is 2.28 bits per heavy atom. The maximum absolute atomic E-state index is 12.7. The summed E-state index contributed by atoms with van der Waals surface area (Å²) in [6.45, 7) is 0. The molecular formula is C21H17N3O. The van der Waals surface area contributed by atoms with Crippen LogP contribution in [0.15, 0.2) is 78.9 Å². The standard InChI is InChI=1S/C21H17N3O/c22-15-11-12-18-17(13-15)19(21(25)24-18)20(14-7-3-1-4-8-14)23-16-9-5-2-6-10-16/h1-13,23H,22H2,(H,24,25). The number of carbonyl (C=O) groups excluding carboxylic acids is 1. The van der Waals surface area contributed by atoms with Crippen molar-refractivity contribution < 1.29 is 4.79 Å². The topological polar surface area (TPSA) is 67.1 Å². The van der Waals surface area contributed by atoms with Crippen molar-refractivity contribution in [3.8, 4) is 0 Å². The van der Waals surface area contributed by atoms with Crippen LogP contribution in [-0.2, 0) is 4.79 Å². The van der Waals surface area contributed by atoms with Crippen LogP contribution in [0.25, 0.3) is 11.3 Å². The second-order valence-corrected chi connectivity index (χ2v) is 5.87. The molecule has 1 heterocycles. The van der Waals surface area contributed by atoms with Crippen LogP contribution in [0.2, 0.25) is 0 Å². The lowest BCUT2D eigenvalue weighted by atomic mass is 9.99. The molecule has 4 rings (SSSR count). The summed E-state index contributed by atoms with van der Waals surface area (Å²) in [5, 5.41) is 6.32. The molecule has 1 aliphatic rings. The molecule has 1 aliphatic heterocycles. The zero-order chi connectivity index (χ0) is 17.2. The highest BCUT2D eigenvalue weighted by molar-refractivity contribution is 6.37. The monoisotopic (exact) mass is 327 g/mol. The van der Waals surface area contributed by atoms with Gasteiger partial charge in [-0.05, 0) is 35.9 Å². The molecule has 25 heavy (non-hydrogen) atoms. The van der Waals surface area contributed by atoms with Crippen LogP contribution in [-0.4, -0.2) is 5.91 Å². The van der Waals surface area contributed by atoms with E-state index in [4.69, 9.17) is 5.73 Å². The minimum atomic E-state index is -0.136. The Kier molecular flexibility index (Phi) is 3.71. The van der Waals surface area contributed by atoms with Crippen molar-refractivity contribution in [2.75, 3.05) is 16.4 Å². The number of fused-ring (bicyclic) bond motifs is 1. The fraction of sp³-hybridized carbons (Fsp3) is 0. The van der Waals surface area contributed by atoms with Gasteiger partial charge in [-0.15, -0.1) is 0 Å². The predicted octanol–water partition coefficient (Wildman–Crippen LogP) is 4.20. The van der Waals surface area contributed by atoms with Gasteiger partial charge in [0.2, 0.25) is 0 Å². The third-order valence-electron chi connectivity index (χ3n) is 4.14. The van der Waals surface area contributed by atoms with Crippen molar-refractivity contribution in [2.24, 2.45) is 0 Å². The van der Waals surface area contributed by atoms with Crippen LogP contribution in [0.3, 0.4) is 0 Å². The lowest BCUT2D eigenvalue weighted by molar-refractivity contribution is -0.110. The number of nitrogen functional groups attached to an aromatic ring is 1. The minimum Gasteiger partial charge on any atom is -0.399 e. The molecule has 0 fully saturated rings. The third kappa shape index (κ3) is 2.85. The second-order valence-electron chi connectivity index (χ2n) is 5.87. The van der Waals surface area contributed by atoms with Crippen LogP contribution < -0.4 is 16.4 Å². The van der Waals surface area contributed by atoms with Crippen molar-refractivity contribution in [1.82, 2.24) is 0 Å². The lowest BCUT2D eigenvalue weighted by Gasteiger charge is -2.14. The SMILES string of the molecule is Nc1ccc2c(c1)C(=C(Nc1ccccc1)c1ccccc1)C(=O)N2. The van der Waals surface area contributed by atoms with Crippen LogP contribution in [0, 0.1) is 0 Å². The number of nitrogens with one attached hydrogen (secondary N) is 2. The van der Waals surface area contributed by atoms with Gasteiger partial charge in [0.1, 0.15) is 0 Å². The van der Waals surface area contributed by atoms with Gasteiger partial charge < -0.3 is 16.4 Å². The number of carbonyl (C=O) groups is 1. The molecule has 3 aromatic carbocycles. The quantitative estimate of drug-likeness (QED) is 0.499. The molecule has 0 radical (unpaired) electrons. The van der Waals surface area contributed by atoms with Crippen LogP contribution in [0.1, 0.15) is 11.1 Å². The van der Waals surface area contributed by atoms with E-state index in [9.17, 15) is 4.79 Å². The van der Waals surface area contributed by atoms with Gasteiger partial charge >= 0.3 is 0 Å². The van der Waals surface area contributed by atoms with Crippen molar-refractivity contribution in [2.45, 2.75) is 0 Å². The Labute approximate surface area is 146 Å². The number of hydrogen-bond acceptors (Lipinski definition) is 3. The molecule has 4 nitrogen and oxygen atoms in total. The molecule has 0 bridgehead atoms. The fourth-order valence-electron chi connectivity index (χ4n) is 2.98. The number of amides is 1. The van der Waals surface area contributed by atoms with E-state index in [2.05, 4.69) is 10.6 Å². The van der Waals surface area contributed by atoms with E-state index in [1.807, 2.05) is 72.8 Å². The average Bonchev–Trinajstić information content (AvgIpc) is 2.96. The average molecular weight is 327 g/mol. The summed E-state index contributed by atoms with van der Waals surface area (Å²) >= 11 is 0. The number of para-hydroxylation sites is 1. The molecule has 0 unspecified atom stereocenters. The molecule has 0 aliphatic carbocycles. The Balaban J connectivity index is 1.93. The molecule has 3 aromatic rings. The molecule has 4 N–H and O–H groups in total. The first-order valence-corrected chi connectivity index (χ1v) is 8.05. The molecule has 1 amide bonds. The first kappa shape index (κ1) is 15.0. The Morgan fingerprint density at radius 1 is 0.880 bits per heavy atom. The largest absolute Gasteiger partial charge is 0.399 e. The molecule has 0 saturated carbocycles. The van der Waals surface area contributed by atoms with Gasteiger partial charge in [0, 0.05) is 22.6 Å². The fourth-order valence-corrected chi connectivity index (χ4v) is 2.98. The normalized spacial score (nSPS) is 14.6. The zero-order valence-corrected chi connectivity index (χ0v) is 13.5. The Hall–Kier alpha value is -3.53. The van der Waals surface area contributed by atoms with Gasteiger partial charge in [-0.3, -0.25) is 4.79 Å². The number of benzene rings is 3. The number of nitrogens with two attached hydrogens (primary N) is 1. The van der Waals surface area contributed by atoms with E-state index in [1.54, 1.807) is 6.07 Å². The van der Waals surface area contributed by atoms with Crippen molar-refractivity contribution in [3.63, 3.8) is 0 Å². The molecule has 0 spiro atoms. The van der Waals surface area contributed by atoms with E-state index in [0.29, 0.717) is 11.3 Å². The highest BCUT2D eigenvalue weighted by atomic mass is 16.2. The summed E-state index contributed by atoms with van der Waals surface area (Å²) < 4.78 is 0. The second kappa shape index (κ2) is 6.17. The molecule has 0 aromatic heterocycles. The number of hydrogen-bond donors (Lipinski definition) is 3. The first-order valence-electron chi connectivity index (χ1n) is 8.05. The van der Waals surface area contributed by atoms with Gasteiger partial charge in [-0.25, -0.2) is 0 Å². The zero-order valence-electron chi connectivity index (χ0n) is 13.5. The summed E-state index contributed by atoms with van der Waals surface area (Å²) in [7, 11) is 0. The molecular weight excluding hydrogens is 310 g/mol. The summed E-state index contributed by atoms with van der Waals surface area (Å²) in [5.41, 5.74) is 11.4. The van der Waals surface area contributed by atoms with Crippen LogP contribution >= 0.6 is 0 Å². The third-order valence-corrected chi connectivity index (χ3v) is 4.14. The first-order chi connectivity index (χ1) is 12.2. The maximum Gasteiger partial charge on any atom is 0.258 e. The maximum atomic E-state index is 12.7. The van der Waals surface area contributed by atoms with Crippen LogP contribution in [0.4, 0.5) is 17.1 Å². The summed E-state index contributed by atoms with van der Waals surface area (Å²) in [5.74, 6) is -0.136. The van der Waals surface area contributed by atoms with E-state index in [1.165, 1.54) is 0 Å². The Bertz CT molecular complexity index is 963. The van der Waals surface area contributed by atoms with E-state index >= 15 is 0 Å². The highest BCUT2D eigenvalue weighted by Gasteiger charge is 2.28. The van der Waals surface area contributed by atoms with E-state index in [-0.39, 0.29) is 5.91 Å². The number of anilines is 3. The van der Waals surface area contributed by atoms with Crippen molar-refractivity contribution in [3.05, 3.63) is 90.0 Å². The van der Waals surface area contributed by atoms with Gasteiger partial charge in [-0.2, -0.15) is 0 Å². The molecule has 4 heteroatoms. The van der Waals surface area contributed by atoms with Crippen LogP contribution in [0.5, 0.6) is 0 Å². The summed E-state index contributed by atoms with van der Waals surface area (Å²) in [6, 6.07) is 25.1. The molecule has 122 valence electrons. The summed E-state index contributed by atoms with van der Waals surface area (Å²) in [4.78, 5) is 12.7. The Morgan fingerprint density at radius 2 is 1.56 bits per heavy atom. The van der Waals surface area contributed by atoms with Gasteiger partial charge in [0.05, 0.1) is 11.3 Å². The molecule has 0 saturated heterocycles. The van der Waals surface area contributed by atoms with Crippen molar-refractivity contribution >= 4 is 34.2 Å². The van der Waals surface area contributed by atoms with Gasteiger partial charge in [-0.1, -0.05) is 48.5 Å². The lowest BCUT2D eigenvalue weighted by Crippen LogP contribution is -2.10. The van der Waals surface area contributed by atoms with E-state index in [0.717, 1.165) is 28.2 Å². The highest BCUT2D eigenvalue weighted by Crippen LogP contribution is 2.38. The van der Waals surface area contributed by atoms with Gasteiger partial charge in [0.15, 0.2) is 0 Å². The minimum absolute atomic E-state index is 0.136. The van der Waals surface area contributed by atoms with E-state index < -0.39 is 0 Å². The number of rotatable bonds is 3. The molecule has 0 atom stereocenters. The van der Waals surface area contributed by atoms with Crippen molar-refractivity contribution in [1.29, 1.82) is 0 Å².